The Bertz CT molecular complexity index is 1510. The lowest BCUT2D eigenvalue weighted by Crippen LogP contribution is -2.63. The molecule has 12 nitrogen and oxygen atoms in total. The first-order chi connectivity index (χ1) is 22.0. The Morgan fingerprint density at radius 2 is 1.65 bits per heavy atom. The van der Waals surface area contributed by atoms with Gasteiger partial charge in [0.15, 0.2) is 11.6 Å². The number of aliphatic hydroxyl groups is 2. The van der Waals surface area contributed by atoms with E-state index >= 15 is 0 Å². The predicted molar refractivity (Wildman–Crippen MR) is 153 cm³/mol. The lowest BCUT2D eigenvalue weighted by molar-refractivity contribution is -0.141. The van der Waals surface area contributed by atoms with Gasteiger partial charge in [0, 0.05) is 44.3 Å². The molecular weight excluding hydrogens is 611 g/mol. The maximum absolute atomic E-state index is 14.1. The summed E-state index contributed by atoms with van der Waals surface area (Å²) >= 11 is 0. The van der Waals surface area contributed by atoms with Gasteiger partial charge in [-0.1, -0.05) is 6.07 Å². The summed E-state index contributed by atoms with van der Waals surface area (Å²) in [6.07, 6.45) is -5.06. The number of fused-ring (bicyclic) bond motifs is 6. The molecule has 4 N–H and O–H groups in total. The van der Waals surface area contributed by atoms with Crippen molar-refractivity contribution in [3.05, 3.63) is 71.0 Å². The largest absolute Gasteiger partial charge is 0.388 e. The molecule has 2 aromatic rings. The van der Waals surface area contributed by atoms with Crippen molar-refractivity contribution in [1.82, 2.24) is 25.3 Å². The molecule has 4 fully saturated rings. The van der Waals surface area contributed by atoms with Crippen LogP contribution in [0, 0.1) is 17.5 Å². The second-order valence-corrected chi connectivity index (χ2v) is 12.1. The fourth-order valence-corrected chi connectivity index (χ4v) is 6.68. The summed E-state index contributed by atoms with van der Waals surface area (Å²) in [5.74, 6) is -4.63. The molecule has 46 heavy (non-hydrogen) atoms. The highest BCUT2D eigenvalue weighted by Crippen LogP contribution is 2.27. The van der Waals surface area contributed by atoms with Crippen molar-refractivity contribution >= 4 is 23.6 Å². The number of carbonyl (C=O) groups is 4. The Balaban J connectivity index is 1.30. The number of amides is 4. The van der Waals surface area contributed by atoms with Crippen LogP contribution in [0.4, 0.5) is 13.2 Å². The van der Waals surface area contributed by atoms with Gasteiger partial charge in [-0.2, -0.15) is 0 Å². The number of benzene rings is 2. The first-order valence-corrected chi connectivity index (χ1v) is 15.1. The molecule has 4 aliphatic heterocycles. The molecule has 0 unspecified atom stereocenters. The Labute approximate surface area is 262 Å². The second-order valence-electron chi connectivity index (χ2n) is 12.1. The SMILES string of the molecule is O=C1C[C@@H]2O[C@H](CNC(=O)[C@@H]3CN(CCN3C(=O)c3ccc(F)cc3)C(=O)[C@@H]3C[C@@H](CN3Cc3ccc(F)c(F)c3)N1)[C@@H](O)[C@H]2O. The van der Waals surface area contributed by atoms with Gasteiger partial charge in [-0.15, -0.1) is 0 Å². The van der Waals surface area contributed by atoms with Gasteiger partial charge in [-0.3, -0.25) is 24.1 Å². The van der Waals surface area contributed by atoms with Crippen molar-refractivity contribution in [3.63, 3.8) is 0 Å². The van der Waals surface area contributed by atoms with Gasteiger partial charge in [-0.05, 0) is 48.4 Å². The van der Waals surface area contributed by atoms with Crippen LogP contribution in [0.25, 0.3) is 0 Å². The number of nitrogens with one attached hydrogen (secondary N) is 2. The van der Waals surface area contributed by atoms with E-state index in [1.165, 1.54) is 28.0 Å². The molecule has 6 bridgehead atoms. The van der Waals surface area contributed by atoms with Crippen LogP contribution in [0.1, 0.15) is 28.8 Å². The number of hydrogen-bond donors (Lipinski definition) is 4. The van der Waals surface area contributed by atoms with Crippen molar-refractivity contribution in [1.29, 1.82) is 0 Å². The maximum Gasteiger partial charge on any atom is 0.254 e. The van der Waals surface area contributed by atoms with E-state index in [4.69, 9.17) is 4.74 Å². The fourth-order valence-electron chi connectivity index (χ4n) is 6.68. The van der Waals surface area contributed by atoms with Crippen LogP contribution < -0.4 is 10.6 Å². The monoisotopic (exact) mass is 645 g/mol. The van der Waals surface area contributed by atoms with E-state index in [9.17, 15) is 42.6 Å². The molecule has 4 aliphatic rings. The molecule has 15 heteroatoms. The van der Waals surface area contributed by atoms with Crippen molar-refractivity contribution in [2.24, 2.45) is 0 Å². The minimum atomic E-state index is -1.41. The average molecular weight is 646 g/mol. The number of halogens is 3. The van der Waals surface area contributed by atoms with Gasteiger partial charge >= 0.3 is 0 Å². The molecule has 4 amide bonds. The van der Waals surface area contributed by atoms with E-state index in [0.29, 0.717) is 5.56 Å². The molecule has 0 radical (unpaired) electrons. The van der Waals surface area contributed by atoms with E-state index in [2.05, 4.69) is 10.6 Å². The van der Waals surface area contributed by atoms with Crippen LogP contribution in [-0.4, -0.2) is 124 Å². The summed E-state index contributed by atoms with van der Waals surface area (Å²) in [4.78, 5) is 58.7. The number of ether oxygens (including phenoxy) is 1. The van der Waals surface area contributed by atoms with Gasteiger partial charge in [-0.25, -0.2) is 13.2 Å². The summed E-state index contributed by atoms with van der Waals surface area (Å²) in [5.41, 5.74) is 0.553. The van der Waals surface area contributed by atoms with Gasteiger partial charge < -0.3 is 35.4 Å². The van der Waals surface area contributed by atoms with Gasteiger partial charge in [0.25, 0.3) is 5.91 Å². The van der Waals surface area contributed by atoms with Crippen LogP contribution in [0.15, 0.2) is 42.5 Å². The second kappa shape index (κ2) is 13.0. The molecule has 0 aromatic heterocycles. The van der Waals surface area contributed by atoms with Gasteiger partial charge in [0.2, 0.25) is 17.7 Å². The average Bonchev–Trinajstić information content (AvgIpc) is 3.55. The van der Waals surface area contributed by atoms with Crippen molar-refractivity contribution in [3.8, 4) is 0 Å². The third kappa shape index (κ3) is 6.45. The smallest absolute Gasteiger partial charge is 0.254 e. The van der Waals surface area contributed by atoms with E-state index in [1.54, 1.807) is 4.90 Å². The van der Waals surface area contributed by atoms with Gasteiger partial charge in [0.1, 0.15) is 30.2 Å². The van der Waals surface area contributed by atoms with Crippen LogP contribution in [0.5, 0.6) is 0 Å². The molecular formula is C31H34F3N5O7. The fraction of sp³-hybridized carbons (Fsp3) is 0.484. The lowest BCUT2D eigenvalue weighted by Gasteiger charge is -2.42. The normalized spacial score (nSPS) is 30.7. The predicted octanol–water partition coefficient (Wildman–Crippen LogP) is -0.475. The Morgan fingerprint density at radius 3 is 2.39 bits per heavy atom. The molecule has 7 atom stereocenters. The van der Waals surface area contributed by atoms with Crippen LogP contribution >= 0.6 is 0 Å². The standard InChI is InChI=1S/C31H34F3N5O7/c32-18-4-2-17(3-5-18)30(44)39-8-7-37-15-23(39)29(43)35-12-25-28(42)27(41)24(46-25)11-26(40)36-19-10-22(31(37)45)38(14-19)13-16-1-6-20(33)21(34)9-16/h1-6,9,19,22-25,27-28,41-42H,7-8,10-15H2,(H,35,43)(H,36,40)/t19-,22-,23-,24-,25+,27-,28+/m0/s1. The zero-order valence-corrected chi connectivity index (χ0v) is 24.7. The molecule has 4 saturated heterocycles. The highest BCUT2D eigenvalue weighted by Gasteiger charge is 2.47. The Morgan fingerprint density at radius 1 is 0.913 bits per heavy atom. The van der Waals surface area contributed by atoms with Crippen molar-refractivity contribution < 1.29 is 47.3 Å². The van der Waals surface area contributed by atoms with Crippen LogP contribution in [0.3, 0.4) is 0 Å². The molecule has 2 aromatic carbocycles. The quantitative estimate of drug-likeness (QED) is 0.350. The number of hydrogen-bond acceptors (Lipinski definition) is 8. The third-order valence-electron chi connectivity index (χ3n) is 9.10. The maximum atomic E-state index is 14.1. The third-order valence-corrected chi connectivity index (χ3v) is 9.10. The summed E-state index contributed by atoms with van der Waals surface area (Å²) in [6, 6.07) is 5.79. The molecule has 0 spiro atoms. The van der Waals surface area contributed by atoms with Crippen LogP contribution in [-0.2, 0) is 25.7 Å². The van der Waals surface area contributed by atoms with Crippen LogP contribution in [0.2, 0.25) is 0 Å². The van der Waals surface area contributed by atoms with E-state index in [0.717, 1.165) is 24.3 Å². The highest BCUT2D eigenvalue weighted by molar-refractivity contribution is 5.98. The Kier molecular flexibility index (Phi) is 9.01. The number of rotatable bonds is 3. The Hall–Kier alpha value is -4.05. The number of likely N-dealkylation sites (tertiary alicyclic amines) is 1. The van der Waals surface area contributed by atoms with Crippen molar-refractivity contribution in [2.45, 2.75) is 61.9 Å². The summed E-state index contributed by atoms with van der Waals surface area (Å²) in [6.45, 7) is -0.145. The number of aliphatic hydroxyl groups excluding tert-OH is 2. The molecule has 246 valence electrons. The highest BCUT2D eigenvalue weighted by atomic mass is 19.2. The topological polar surface area (TPSA) is 152 Å². The molecule has 0 saturated carbocycles. The summed E-state index contributed by atoms with van der Waals surface area (Å²) in [7, 11) is 0. The van der Waals surface area contributed by atoms with E-state index < -0.39 is 77.7 Å². The minimum Gasteiger partial charge on any atom is -0.388 e. The number of nitrogens with zero attached hydrogens (tertiary/aromatic N) is 3. The van der Waals surface area contributed by atoms with E-state index in [-0.39, 0.29) is 63.6 Å². The summed E-state index contributed by atoms with van der Waals surface area (Å²) in [5, 5.41) is 26.7. The number of carbonyl (C=O) groups excluding carboxylic acids is 4. The summed E-state index contributed by atoms with van der Waals surface area (Å²) < 4.78 is 47.0. The first kappa shape index (κ1) is 31.9. The molecule has 6 rings (SSSR count). The lowest BCUT2D eigenvalue weighted by atomic mass is 10.0. The molecule has 0 aliphatic carbocycles. The number of piperazine rings is 1. The minimum absolute atomic E-state index is 0.0283. The first-order valence-electron chi connectivity index (χ1n) is 15.1. The zero-order chi connectivity index (χ0) is 32.7. The van der Waals surface area contributed by atoms with Crippen molar-refractivity contribution in [2.75, 3.05) is 32.7 Å². The zero-order valence-electron chi connectivity index (χ0n) is 24.7. The molecule has 4 heterocycles. The van der Waals surface area contributed by atoms with Gasteiger partial charge in [0.05, 0.1) is 25.1 Å². The van der Waals surface area contributed by atoms with E-state index in [1.807, 2.05) is 0 Å².